The summed E-state index contributed by atoms with van der Waals surface area (Å²) in [5.74, 6) is -1.10. The summed E-state index contributed by atoms with van der Waals surface area (Å²) in [5.41, 5.74) is 0. The number of carbonyl (C=O) groups excluding carboxylic acids is 2. The van der Waals surface area contributed by atoms with Crippen molar-refractivity contribution in [1.29, 1.82) is 0 Å². The Balaban J connectivity index is 2.20. The standard InChI is InChI=1S/C10H11NO4/c12-9(3-4-10(13)14)11-6-5-8-2-1-7-15-8/h1-4,7H,5-6H2,(H,11,12)(H,13,14)/p-1/b4-3+. The predicted octanol–water partition coefficient (Wildman–Crippen LogP) is -0.756. The summed E-state index contributed by atoms with van der Waals surface area (Å²) < 4.78 is 5.04. The van der Waals surface area contributed by atoms with Gasteiger partial charge in [-0.05, 0) is 18.2 Å². The number of rotatable bonds is 5. The van der Waals surface area contributed by atoms with Crippen molar-refractivity contribution in [3.63, 3.8) is 0 Å². The summed E-state index contributed by atoms with van der Waals surface area (Å²) in [5, 5.41) is 12.5. The van der Waals surface area contributed by atoms with E-state index in [1.165, 1.54) is 0 Å². The maximum atomic E-state index is 11.0. The van der Waals surface area contributed by atoms with Gasteiger partial charge in [-0.2, -0.15) is 0 Å². The van der Waals surface area contributed by atoms with E-state index in [0.29, 0.717) is 19.0 Å². The van der Waals surface area contributed by atoms with Crippen LogP contribution in [0.5, 0.6) is 0 Å². The molecule has 80 valence electrons. The van der Waals surface area contributed by atoms with E-state index in [9.17, 15) is 14.7 Å². The van der Waals surface area contributed by atoms with Gasteiger partial charge in [0.2, 0.25) is 5.91 Å². The molecule has 1 aromatic heterocycles. The second-order valence-corrected chi connectivity index (χ2v) is 2.77. The summed E-state index contributed by atoms with van der Waals surface area (Å²) >= 11 is 0. The van der Waals surface area contributed by atoms with Crippen molar-refractivity contribution in [2.24, 2.45) is 0 Å². The van der Waals surface area contributed by atoms with Crippen molar-refractivity contribution in [3.05, 3.63) is 36.3 Å². The average Bonchev–Trinajstić information content (AvgIpc) is 2.67. The third kappa shape index (κ3) is 4.66. The molecule has 0 saturated heterocycles. The lowest BCUT2D eigenvalue weighted by molar-refractivity contribution is -0.297. The van der Waals surface area contributed by atoms with E-state index in [0.717, 1.165) is 11.8 Å². The number of nitrogens with one attached hydrogen (secondary N) is 1. The minimum absolute atomic E-state index is 0.393. The molecule has 0 fully saturated rings. The zero-order chi connectivity index (χ0) is 11.1. The molecule has 1 aromatic rings. The Labute approximate surface area is 86.4 Å². The van der Waals surface area contributed by atoms with Gasteiger partial charge in [0.15, 0.2) is 0 Å². The molecule has 0 atom stereocenters. The fourth-order valence-corrected chi connectivity index (χ4v) is 0.966. The van der Waals surface area contributed by atoms with Crippen LogP contribution in [0.2, 0.25) is 0 Å². The van der Waals surface area contributed by atoms with Crippen LogP contribution >= 0.6 is 0 Å². The number of aliphatic carboxylic acids is 1. The number of hydrogen-bond donors (Lipinski definition) is 1. The highest BCUT2D eigenvalue weighted by Gasteiger charge is 1.97. The van der Waals surface area contributed by atoms with Gasteiger partial charge in [-0.15, -0.1) is 0 Å². The molecule has 0 bridgehead atoms. The highest BCUT2D eigenvalue weighted by molar-refractivity contribution is 5.93. The monoisotopic (exact) mass is 208 g/mol. The zero-order valence-electron chi connectivity index (χ0n) is 7.93. The molecule has 0 aromatic carbocycles. The fraction of sp³-hybridized carbons (Fsp3) is 0.200. The summed E-state index contributed by atoms with van der Waals surface area (Å²) in [6.07, 6.45) is 3.71. The average molecular weight is 208 g/mol. The molecular formula is C10H10NO4-. The van der Waals surface area contributed by atoms with Gasteiger partial charge in [0, 0.05) is 19.0 Å². The van der Waals surface area contributed by atoms with Crippen LogP contribution in [0.1, 0.15) is 5.76 Å². The molecule has 1 amide bonds. The molecule has 1 rings (SSSR count). The molecule has 0 aliphatic rings. The van der Waals surface area contributed by atoms with E-state index in [1.807, 2.05) is 0 Å². The lowest BCUT2D eigenvalue weighted by atomic mass is 10.3. The summed E-state index contributed by atoms with van der Waals surface area (Å²) in [6, 6.07) is 3.55. The molecule has 1 heterocycles. The van der Waals surface area contributed by atoms with Crippen molar-refractivity contribution < 1.29 is 19.1 Å². The van der Waals surface area contributed by atoms with E-state index in [-0.39, 0.29) is 0 Å². The Morgan fingerprint density at radius 2 is 2.27 bits per heavy atom. The van der Waals surface area contributed by atoms with E-state index in [1.54, 1.807) is 18.4 Å². The van der Waals surface area contributed by atoms with Crippen LogP contribution in [0.3, 0.4) is 0 Å². The third-order valence-electron chi connectivity index (χ3n) is 1.62. The van der Waals surface area contributed by atoms with Crippen LogP contribution in [0.25, 0.3) is 0 Å². The van der Waals surface area contributed by atoms with Crippen LogP contribution in [-0.2, 0) is 16.0 Å². The van der Waals surface area contributed by atoms with E-state index < -0.39 is 11.9 Å². The van der Waals surface area contributed by atoms with Gasteiger partial charge in [-0.25, -0.2) is 0 Å². The van der Waals surface area contributed by atoms with Gasteiger partial charge < -0.3 is 19.6 Å². The van der Waals surface area contributed by atoms with Crippen LogP contribution in [-0.4, -0.2) is 18.4 Å². The largest absolute Gasteiger partial charge is 0.545 e. The number of carboxylic acids is 1. The Morgan fingerprint density at radius 3 is 2.87 bits per heavy atom. The lowest BCUT2D eigenvalue weighted by Gasteiger charge is -1.99. The van der Waals surface area contributed by atoms with Gasteiger partial charge in [0.25, 0.3) is 0 Å². The number of furan rings is 1. The van der Waals surface area contributed by atoms with Gasteiger partial charge in [0.1, 0.15) is 5.76 Å². The topological polar surface area (TPSA) is 82.4 Å². The van der Waals surface area contributed by atoms with Crippen molar-refractivity contribution >= 4 is 11.9 Å². The molecule has 0 unspecified atom stereocenters. The van der Waals surface area contributed by atoms with Crippen LogP contribution in [0.15, 0.2) is 35.0 Å². The molecular weight excluding hydrogens is 198 g/mol. The van der Waals surface area contributed by atoms with Crippen LogP contribution < -0.4 is 10.4 Å². The van der Waals surface area contributed by atoms with Crippen LogP contribution in [0.4, 0.5) is 0 Å². The third-order valence-corrected chi connectivity index (χ3v) is 1.62. The van der Waals surface area contributed by atoms with Crippen molar-refractivity contribution in [2.75, 3.05) is 6.54 Å². The molecule has 0 saturated carbocycles. The number of amides is 1. The molecule has 0 spiro atoms. The van der Waals surface area contributed by atoms with Crippen LogP contribution in [0, 0.1) is 0 Å². The number of carbonyl (C=O) groups is 2. The van der Waals surface area contributed by atoms with Crippen molar-refractivity contribution in [1.82, 2.24) is 5.32 Å². The first-order valence-electron chi connectivity index (χ1n) is 4.38. The predicted molar refractivity (Wildman–Crippen MR) is 49.6 cm³/mol. The van der Waals surface area contributed by atoms with Crippen molar-refractivity contribution in [2.45, 2.75) is 6.42 Å². The van der Waals surface area contributed by atoms with E-state index in [4.69, 9.17) is 4.42 Å². The van der Waals surface area contributed by atoms with E-state index >= 15 is 0 Å². The normalized spacial score (nSPS) is 10.4. The molecule has 1 N–H and O–H groups in total. The molecule has 5 nitrogen and oxygen atoms in total. The first-order valence-corrected chi connectivity index (χ1v) is 4.38. The van der Waals surface area contributed by atoms with Gasteiger partial charge in [-0.3, -0.25) is 4.79 Å². The quantitative estimate of drug-likeness (QED) is 0.645. The van der Waals surface area contributed by atoms with Gasteiger partial charge >= 0.3 is 0 Å². The summed E-state index contributed by atoms with van der Waals surface area (Å²) in [6.45, 7) is 0.393. The maximum absolute atomic E-state index is 11.0. The first kappa shape index (κ1) is 11.0. The Kier molecular flexibility index (Phi) is 4.15. The highest BCUT2D eigenvalue weighted by Crippen LogP contribution is 1.99. The maximum Gasteiger partial charge on any atom is 0.244 e. The second-order valence-electron chi connectivity index (χ2n) is 2.77. The second kappa shape index (κ2) is 5.64. The molecule has 0 aliphatic heterocycles. The number of hydrogen-bond acceptors (Lipinski definition) is 4. The lowest BCUT2D eigenvalue weighted by Crippen LogP contribution is -2.25. The van der Waals surface area contributed by atoms with Gasteiger partial charge in [0.05, 0.1) is 12.2 Å². The fourth-order valence-electron chi connectivity index (χ4n) is 0.966. The minimum atomic E-state index is -1.39. The minimum Gasteiger partial charge on any atom is -0.545 e. The summed E-state index contributed by atoms with van der Waals surface area (Å²) in [4.78, 5) is 20.9. The van der Waals surface area contributed by atoms with E-state index in [2.05, 4.69) is 5.32 Å². The SMILES string of the molecule is O=C([O-])/C=C/C(=O)NCCc1ccco1. The smallest absolute Gasteiger partial charge is 0.244 e. The highest BCUT2D eigenvalue weighted by atomic mass is 16.4. The summed E-state index contributed by atoms with van der Waals surface area (Å²) in [7, 11) is 0. The molecule has 0 radical (unpaired) electrons. The Morgan fingerprint density at radius 1 is 1.47 bits per heavy atom. The Hall–Kier alpha value is -2.04. The molecule has 5 heteroatoms. The molecule has 0 aliphatic carbocycles. The number of carboxylic acid groups (broad SMARTS) is 1. The Bertz CT molecular complexity index is 354. The zero-order valence-corrected chi connectivity index (χ0v) is 7.93. The van der Waals surface area contributed by atoms with Crippen molar-refractivity contribution in [3.8, 4) is 0 Å². The first-order chi connectivity index (χ1) is 7.18. The molecule has 15 heavy (non-hydrogen) atoms. The van der Waals surface area contributed by atoms with Gasteiger partial charge in [-0.1, -0.05) is 0 Å².